The molecule has 1 saturated heterocycles. The second-order valence-corrected chi connectivity index (χ2v) is 4.99. The van der Waals surface area contributed by atoms with Crippen LogP contribution in [0.1, 0.15) is 24.0 Å². The van der Waals surface area contributed by atoms with Gasteiger partial charge in [0.2, 0.25) is 0 Å². The summed E-state index contributed by atoms with van der Waals surface area (Å²) >= 11 is 5.05. The van der Waals surface area contributed by atoms with Crippen molar-refractivity contribution in [1.29, 1.82) is 0 Å². The first-order chi connectivity index (χ1) is 8.16. The molecule has 1 aromatic rings. The van der Waals surface area contributed by atoms with Crippen molar-refractivity contribution in [3.8, 4) is 0 Å². The van der Waals surface area contributed by atoms with E-state index >= 15 is 0 Å². The molecule has 3 N–H and O–H groups in total. The number of rotatable bonds is 3. The quantitative estimate of drug-likeness (QED) is 0.793. The molecule has 0 amide bonds. The molecule has 0 radical (unpaired) electrons. The van der Waals surface area contributed by atoms with E-state index in [9.17, 15) is 5.11 Å². The maximum atomic E-state index is 9.64. The Balaban J connectivity index is 2.10. The Hall–Kier alpha value is -0.970. The Morgan fingerprint density at radius 1 is 1.47 bits per heavy atom. The Morgan fingerprint density at radius 3 is 2.94 bits per heavy atom. The van der Waals surface area contributed by atoms with E-state index in [0.29, 0.717) is 4.99 Å². The molecule has 0 saturated carbocycles. The van der Waals surface area contributed by atoms with Crippen molar-refractivity contribution >= 4 is 17.2 Å². The number of β-amino-alcohol motifs (C(OH)–C–C–N with tert-alkyl or cyclic N) is 1. The molecule has 1 heterocycles. The minimum atomic E-state index is -0.194. The van der Waals surface area contributed by atoms with Gasteiger partial charge in [-0.25, -0.2) is 0 Å². The third kappa shape index (κ3) is 3.25. The van der Waals surface area contributed by atoms with Gasteiger partial charge in [-0.1, -0.05) is 36.5 Å². The molecule has 0 aliphatic carbocycles. The fraction of sp³-hybridized carbons (Fsp3) is 0.462. The number of thiocarbonyl (C=S) groups is 1. The van der Waals surface area contributed by atoms with Crippen molar-refractivity contribution in [3.05, 3.63) is 35.4 Å². The Morgan fingerprint density at radius 2 is 2.24 bits per heavy atom. The number of hydrogen-bond donors (Lipinski definition) is 2. The third-order valence-electron chi connectivity index (χ3n) is 3.16. The van der Waals surface area contributed by atoms with Crippen molar-refractivity contribution < 1.29 is 5.11 Å². The maximum absolute atomic E-state index is 9.64. The minimum Gasteiger partial charge on any atom is -0.392 e. The molecule has 0 aromatic heterocycles. The molecule has 92 valence electrons. The molecule has 1 atom stereocenters. The van der Waals surface area contributed by atoms with Crippen LogP contribution in [-0.4, -0.2) is 34.2 Å². The summed E-state index contributed by atoms with van der Waals surface area (Å²) in [4.78, 5) is 2.70. The topological polar surface area (TPSA) is 49.5 Å². The number of aliphatic hydroxyl groups is 1. The smallest absolute Gasteiger partial charge is 0.104 e. The lowest BCUT2D eigenvalue weighted by atomic mass is 10.0. The van der Waals surface area contributed by atoms with Crippen LogP contribution in [0.4, 0.5) is 0 Å². The zero-order valence-electron chi connectivity index (χ0n) is 9.80. The Kier molecular flexibility index (Phi) is 4.10. The number of nitrogens with two attached hydrogens (primary N) is 1. The molecule has 0 spiro atoms. The molecule has 1 aliphatic heterocycles. The first-order valence-electron chi connectivity index (χ1n) is 5.95. The van der Waals surface area contributed by atoms with Gasteiger partial charge in [-0.05, 0) is 24.9 Å². The summed E-state index contributed by atoms with van der Waals surface area (Å²) in [5.74, 6) is 0. The van der Waals surface area contributed by atoms with Gasteiger partial charge in [-0.15, -0.1) is 0 Å². The zero-order chi connectivity index (χ0) is 12.3. The number of piperidine rings is 1. The highest BCUT2D eigenvalue weighted by atomic mass is 32.1. The number of aliphatic hydroxyl groups excluding tert-OH is 1. The summed E-state index contributed by atoms with van der Waals surface area (Å²) in [5, 5.41) is 9.64. The average molecular weight is 250 g/mol. The number of likely N-dealkylation sites (tertiary alicyclic amines) is 1. The summed E-state index contributed by atoms with van der Waals surface area (Å²) in [7, 11) is 0. The monoisotopic (exact) mass is 250 g/mol. The Labute approximate surface area is 107 Å². The van der Waals surface area contributed by atoms with Crippen molar-refractivity contribution in [1.82, 2.24) is 4.90 Å². The van der Waals surface area contributed by atoms with Gasteiger partial charge in [0, 0.05) is 18.7 Å². The lowest BCUT2D eigenvalue weighted by Crippen LogP contribution is -2.38. The Bertz CT molecular complexity index is 408. The third-order valence-corrected chi connectivity index (χ3v) is 3.38. The van der Waals surface area contributed by atoms with Gasteiger partial charge in [0.25, 0.3) is 0 Å². The molecule has 4 heteroatoms. The molecule has 1 unspecified atom stereocenters. The number of hydrogen-bond acceptors (Lipinski definition) is 3. The van der Waals surface area contributed by atoms with Crippen LogP contribution in [0.5, 0.6) is 0 Å². The van der Waals surface area contributed by atoms with Crippen LogP contribution in [0, 0.1) is 0 Å². The zero-order valence-corrected chi connectivity index (χ0v) is 10.6. The van der Waals surface area contributed by atoms with E-state index in [4.69, 9.17) is 18.0 Å². The van der Waals surface area contributed by atoms with Crippen LogP contribution in [0.3, 0.4) is 0 Å². The summed E-state index contributed by atoms with van der Waals surface area (Å²) in [6, 6.07) is 7.95. The van der Waals surface area contributed by atoms with Crippen molar-refractivity contribution in [3.63, 3.8) is 0 Å². The van der Waals surface area contributed by atoms with Crippen molar-refractivity contribution in [2.75, 3.05) is 13.1 Å². The molecule has 0 bridgehead atoms. The first-order valence-corrected chi connectivity index (χ1v) is 6.36. The maximum Gasteiger partial charge on any atom is 0.104 e. The summed E-state index contributed by atoms with van der Waals surface area (Å²) < 4.78 is 0. The molecule has 1 aromatic carbocycles. The first kappa shape index (κ1) is 12.5. The fourth-order valence-electron chi connectivity index (χ4n) is 2.31. The number of benzene rings is 1. The fourth-order valence-corrected chi connectivity index (χ4v) is 2.51. The lowest BCUT2D eigenvalue weighted by Gasteiger charge is -2.30. The van der Waals surface area contributed by atoms with E-state index in [1.165, 1.54) is 0 Å². The minimum absolute atomic E-state index is 0.194. The second-order valence-electron chi connectivity index (χ2n) is 4.55. The summed E-state index contributed by atoms with van der Waals surface area (Å²) in [6.07, 6.45) is 1.77. The highest BCUT2D eigenvalue weighted by molar-refractivity contribution is 7.80. The predicted molar refractivity (Wildman–Crippen MR) is 72.8 cm³/mol. The van der Waals surface area contributed by atoms with E-state index in [2.05, 4.69) is 11.0 Å². The van der Waals surface area contributed by atoms with Crippen LogP contribution >= 0.6 is 12.2 Å². The molecular weight excluding hydrogens is 232 g/mol. The van der Waals surface area contributed by atoms with E-state index in [0.717, 1.165) is 43.6 Å². The largest absolute Gasteiger partial charge is 0.392 e. The van der Waals surface area contributed by atoms with Gasteiger partial charge in [0.15, 0.2) is 0 Å². The van der Waals surface area contributed by atoms with E-state index < -0.39 is 0 Å². The molecular formula is C13H18N2OS. The second kappa shape index (κ2) is 5.58. The lowest BCUT2D eigenvalue weighted by molar-refractivity contribution is 0.0668. The highest BCUT2D eigenvalue weighted by Gasteiger charge is 2.18. The van der Waals surface area contributed by atoms with Gasteiger partial charge in [-0.3, -0.25) is 4.90 Å². The van der Waals surface area contributed by atoms with Gasteiger partial charge in [0.1, 0.15) is 4.99 Å². The van der Waals surface area contributed by atoms with Gasteiger partial charge in [-0.2, -0.15) is 0 Å². The van der Waals surface area contributed by atoms with Crippen LogP contribution in [0.15, 0.2) is 24.3 Å². The molecule has 1 fully saturated rings. The van der Waals surface area contributed by atoms with Crippen LogP contribution < -0.4 is 5.73 Å². The summed E-state index contributed by atoms with van der Waals surface area (Å²) in [5.41, 5.74) is 7.80. The van der Waals surface area contributed by atoms with Gasteiger partial charge in [0.05, 0.1) is 6.10 Å². The van der Waals surface area contributed by atoms with Gasteiger partial charge < -0.3 is 10.8 Å². The molecule has 17 heavy (non-hydrogen) atoms. The number of nitrogens with zero attached hydrogens (tertiary/aromatic N) is 1. The molecule has 1 aliphatic rings. The average Bonchev–Trinajstić information content (AvgIpc) is 2.29. The van der Waals surface area contributed by atoms with E-state index in [-0.39, 0.29) is 6.10 Å². The van der Waals surface area contributed by atoms with E-state index in [1.807, 2.05) is 18.2 Å². The van der Waals surface area contributed by atoms with Crippen molar-refractivity contribution in [2.45, 2.75) is 25.5 Å². The van der Waals surface area contributed by atoms with Crippen LogP contribution in [-0.2, 0) is 6.54 Å². The summed E-state index contributed by atoms with van der Waals surface area (Å²) in [6.45, 7) is 2.58. The normalized spacial score (nSPS) is 21.4. The highest BCUT2D eigenvalue weighted by Crippen LogP contribution is 2.16. The predicted octanol–water partition coefficient (Wildman–Crippen LogP) is 1.28. The SMILES string of the molecule is NC(=S)c1ccccc1CN1CCCC(O)C1. The van der Waals surface area contributed by atoms with Crippen LogP contribution in [0.25, 0.3) is 0 Å². The van der Waals surface area contributed by atoms with Crippen LogP contribution in [0.2, 0.25) is 0 Å². The van der Waals surface area contributed by atoms with E-state index in [1.54, 1.807) is 0 Å². The van der Waals surface area contributed by atoms with Crippen molar-refractivity contribution in [2.24, 2.45) is 5.73 Å². The standard InChI is InChI=1S/C13H18N2OS/c14-13(17)12-6-2-1-4-10(12)8-15-7-3-5-11(16)9-15/h1-2,4,6,11,16H,3,5,7-9H2,(H2,14,17). The molecule has 3 nitrogen and oxygen atoms in total. The molecule has 2 rings (SSSR count). The van der Waals surface area contributed by atoms with Gasteiger partial charge >= 0.3 is 0 Å².